The molecular weight excluding hydrogens is 540 g/mol. The van der Waals surface area contributed by atoms with Gasteiger partial charge in [-0.05, 0) is 30.3 Å². The van der Waals surface area contributed by atoms with E-state index < -0.39 is 61.6 Å². The Morgan fingerprint density at radius 3 is 2.05 bits per heavy atom. The van der Waals surface area contributed by atoms with Crippen LogP contribution >= 0.6 is 0 Å². The first-order valence-electron chi connectivity index (χ1n) is 9.72. The monoisotopic (exact) mass is 550 g/mol. The van der Waals surface area contributed by atoms with Crippen LogP contribution in [0.1, 0.15) is 5.56 Å². The Kier molecular flexibility index (Phi) is 6.44. The number of aromatic nitrogens is 2. The summed E-state index contributed by atoms with van der Waals surface area (Å²) in [6.07, 6.45) is -2.85. The van der Waals surface area contributed by atoms with E-state index in [1.165, 1.54) is 6.07 Å². The molecule has 6 nitrogen and oxygen atoms in total. The summed E-state index contributed by atoms with van der Waals surface area (Å²) in [7, 11) is -4.05. The lowest BCUT2D eigenvalue weighted by Crippen LogP contribution is -2.14. The summed E-state index contributed by atoms with van der Waals surface area (Å²) in [5, 5.41) is 0.0223. The third kappa shape index (κ3) is 4.61. The Morgan fingerprint density at radius 2 is 1.46 bits per heavy atom. The number of benzene rings is 2. The zero-order valence-electron chi connectivity index (χ0n) is 18.0. The van der Waals surface area contributed by atoms with E-state index in [9.17, 15) is 43.5 Å². The van der Waals surface area contributed by atoms with Crippen molar-refractivity contribution in [3.05, 3.63) is 77.4 Å². The summed E-state index contributed by atoms with van der Waals surface area (Å²) < 4.78 is 141. The second-order valence-electron chi connectivity index (χ2n) is 7.25. The van der Waals surface area contributed by atoms with E-state index in [-0.39, 0.29) is 27.9 Å². The van der Waals surface area contributed by atoms with Crippen LogP contribution in [-0.2, 0) is 16.3 Å². The molecule has 0 N–H and O–H groups in total. The van der Waals surface area contributed by atoms with Gasteiger partial charge in [-0.25, -0.2) is 13.2 Å². The third-order valence-electron chi connectivity index (χ3n) is 5.01. The van der Waals surface area contributed by atoms with E-state index in [1.54, 1.807) is 0 Å². The van der Waals surface area contributed by atoms with Crippen LogP contribution < -0.4 is 8.92 Å². The fraction of sp³-hybridized carbons (Fsp3) is 0.0909. The Balaban J connectivity index is 1.80. The summed E-state index contributed by atoms with van der Waals surface area (Å²) in [6.45, 7) is 0. The van der Waals surface area contributed by atoms with E-state index in [0.29, 0.717) is 6.20 Å². The number of rotatable bonds is 5. The average Bonchev–Trinajstić information content (AvgIpc) is 2.87. The van der Waals surface area contributed by atoms with Crippen LogP contribution in [0.4, 0.5) is 35.1 Å². The molecule has 0 bridgehead atoms. The van der Waals surface area contributed by atoms with Crippen molar-refractivity contribution in [1.82, 2.24) is 9.97 Å². The van der Waals surface area contributed by atoms with Crippen molar-refractivity contribution in [2.75, 3.05) is 7.11 Å². The minimum atomic E-state index is -5.18. The molecule has 4 rings (SSSR count). The normalized spacial score (nSPS) is 12.1. The fourth-order valence-corrected chi connectivity index (χ4v) is 4.17. The van der Waals surface area contributed by atoms with Crippen molar-refractivity contribution in [2.45, 2.75) is 11.1 Å². The third-order valence-corrected chi connectivity index (χ3v) is 6.20. The predicted molar refractivity (Wildman–Crippen MR) is 111 cm³/mol. The number of methoxy groups -OCH3 is 1. The maximum Gasteiger partial charge on any atom is 0.416 e. The Bertz CT molecular complexity index is 1630. The van der Waals surface area contributed by atoms with E-state index >= 15 is 0 Å². The predicted octanol–water partition coefficient (Wildman–Crippen LogP) is 5.79. The highest BCUT2D eigenvalue weighted by molar-refractivity contribution is 7.87. The topological polar surface area (TPSA) is 78.4 Å². The molecule has 0 aliphatic heterocycles. The van der Waals surface area contributed by atoms with E-state index in [0.717, 1.165) is 37.6 Å². The highest BCUT2D eigenvalue weighted by Gasteiger charge is 2.33. The zero-order chi connectivity index (χ0) is 27.3. The number of fused-ring (bicyclic) bond motifs is 1. The Labute approximate surface area is 202 Å². The highest BCUT2D eigenvalue weighted by Crippen LogP contribution is 2.38. The number of hydrogen-bond donors (Lipinski definition) is 0. The van der Waals surface area contributed by atoms with Gasteiger partial charge in [-0.15, -0.1) is 0 Å². The first-order valence-corrected chi connectivity index (χ1v) is 11.1. The van der Waals surface area contributed by atoms with Crippen molar-refractivity contribution < 1.29 is 52.5 Å². The molecule has 0 radical (unpaired) electrons. The quantitative estimate of drug-likeness (QED) is 0.136. The fourth-order valence-electron chi connectivity index (χ4n) is 3.25. The molecule has 37 heavy (non-hydrogen) atoms. The second kappa shape index (κ2) is 9.14. The largest absolute Gasteiger partial charge is 0.496 e. The first-order chi connectivity index (χ1) is 17.3. The molecule has 0 spiro atoms. The van der Waals surface area contributed by atoms with Gasteiger partial charge in [0.15, 0.2) is 0 Å². The number of alkyl halides is 3. The minimum absolute atomic E-state index is 0.00675. The molecular formula is C22H10F8N2O4S. The second-order valence-corrected chi connectivity index (χ2v) is 8.80. The molecule has 194 valence electrons. The van der Waals surface area contributed by atoms with Gasteiger partial charge in [0.1, 0.15) is 16.3 Å². The lowest BCUT2D eigenvalue weighted by Gasteiger charge is -2.14. The minimum Gasteiger partial charge on any atom is -0.496 e. The van der Waals surface area contributed by atoms with Gasteiger partial charge in [-0.1, -0.05) is 0 Å². The van der Waals surface area contributed by atoms with Gasteiger partial charge in [0.25, 0.3) is 0 Å². The smallest absolute Gasteiger partial charge is 0.416 e. The van der Waals surface area contributed by atoms with Crippen molar-refractivity contribution in [2.24, 2.45) is 0 Å². The van der Waals surface area contributed by atoms with Crippen LogP contribution in [0.15, 0.2) is 47.6 Å². The van der Waals surface area contributed by atoms with Gasteiger partial charge in [0.05, 0.1) is 18.2 Å². The standard InChI is InChI=1S/C22H10F8N2O4S/c1-35-13-7-10(22(28,29)30)2-3-12(13)20-19-9(4-5-31-20)6-11(8-32-19)37(33,34)36-21-17(26)15(24)14(23)16(25)18(21)27/h2-8H,1H3. The van der Waals surface area contributed by atoms with Gasteiger partial charge < -0.3 is 8.92 Å². The molecule has 2 aromatic carbocycles. The number of ether oxygens (including phenoxy) is 1. The van der Waals surface area contributed by atoms with Crippen LogP contribution in [0.5, 0.6) is 11.5 Å². The molecule has 0 fully saturated rings. The Morgan fingerprint density at radius 1 is 0.838 bits per heavy atom. The van der Waals surface area contributed by atoms with Crippen LogP contribution in [0.3, 0.4) is 0 Å². The van der Waals surface area contributed by atoms with Gasteiger partial charge >= 0.3 is 16.3 Å². The molecule has 0 saturated carbocycles. The molecule has 0 saturated heterocycles. The van der Waals surface area contributed by atoms with Crippen LogP contribution in [0.2, 0.25) is 0 Å². The molecule has 0 unspecified atom stereocenters. The lowest BCUT2D eigenvalue weighted by atomic mass is 10.0. The van der Waals surface area contributed by atoms with Crippen molar-refractivity contribution in [3.63, 3.8) is 0 Å². The van der Waals surface area contributed by atoms with Gasteiger partial charge in [0, 0.05) is 23.3 Å². The molecule has 0 aliphatic carbocycles. The van der Waals surface area contributed by atoms with E-state index in [2.05, 4.69) is 14.2 Å². The highest BCUT2D eigenvalue weighted by atomic mass is 32.2. The SMILES string of the molecule is COc1cc(C(F)(F)F)ccc1-c1nccc2cc(S(=O)(=O)Oc3c(F)c(F)c(F)c(F)c3F)cnc12. The summed E-state index contributed by atoms with van der Waals surface area (Å²) in [4.78, 5) is 7.14. The summed E-state index contributed by atoms with van der Waals surface area (Å²) in [6, 6.07) is 4.72. The molecule has 4 aromatic rings. The number of nitrogens with zero attached hydrogens (tertiary/aromatic N) is 2. The van der Waals surface area contributed by atoms with Gasteiger partial charge in [0.2, 0.25) is 34.8 Å². The van der Waals surface area contributed by atoms with Crippen LogP contribution in [0.25, 0.3) is 22.2 Å². The average molecular weight is 550 g/mol. The molecule has 0 amide bonds. The van der Waals surface area contributed by atoms with E-state index in [4.69, 9.17) is 4.74 Å². The molecule has 0 atom stereocenters. The molecule has 0 aliphatic rings. The maximum absolute atomic E-state index is 13.9. The number of hydrogen-bond acceptors (Lipinski definition) is 6. The van der Waals surface area contributed by atoms with Crippen molar-refractivity contribution >= 4 is 21.0 Å². The first kappa shape index (κ1) is 26.1. The van der Waals surface area contributed by atoms with Crippen molar-refractivity contribution in [3.8, 4) is 22.8 Å². The molecule has 2 heterocycles. The zero-order valence-corrected chi connectivity index (χ0v) is 18.8. The van der Waals surface area contributed by atoms with Gasteiger partial charge in [-0.3, -0.25) is 9.97 Å². The van der Waals surface area contributed by atoms with Gasteiger partial charge in [-0.2, -0.15) is 30.4 Å². The van der Waals surface area contributed by atoms with Crippen LogP contribution in [0, 0.1) is 29.1 Å². The van der Waals surface area contributed by atoms with E-state index in [1.807, 2.05) is 0 Å². The maximum atomic E-state index is 13.9. The summed E-state index contributed by atoms with van der Waals surface area (Å²) in [5.41, 5.74) is -0.953. The lowest BCUT2D eigenvalue weighted by molar-refractivity contribution is -0.137. The van der Waals surface area contributed by atoms with Crippen molar-refractivity contribution in [1.29, 1.82) is 0 Å². The number of halogens is 8. The summed E-state index contributed by atoms with van der Waals surface area (Å²) >= 11 is 0. The van der Waals surface area contributed by atoms with Crippen LogP contribution in [-0.4, -0.2) is 25.5 Å². The Hall–Kier alpha value is -4.01. The molecule has 2 aromatic heterocycles. The molecule has 15 heteroatoms. The number of pyridine rings is 2. The summed E-state index contributed by atoms with van der Waals surface area (Å²) in [5.74, 6) is -14.6.